The minimum Gasteiger partial charge on any atom is -0.466 e. The van der Waals surface area contributed by atoms with Crippen LogP contribution in [0.15, 0.2) is 0 Å². The fraction of sp³-hybridized carbons (Fsp3) is 0.667. The Morgan fingerprint density at radius 2 is 1.29 bits per heavy atom. The summed E-state index contributed by atoms with van der Waals surface area (Å²) in [5, 5.41) is -2.46. The summed E-state index contributed by atoms with van der Waals surface area (Å²) in [5.41, 5.74) is 0. The molecule has 0 spiro atoms. The molecule has 0 saturated carbocycles. The van der Waals surface area contributed by atoms with Gasteiger partial charge in [-0.25, -0.2) is 0 Å². The van der Waals surface area contributed by atoms with Gasteiger partial charge in [-0.05, 0) is 0 Å². The van der Waals surface area contributed by atoms with Crippen LogP contribution in [0.5, 0.6) is 0 Å². The van der Waals surface area contributed by atoms with E-state index in [0.717, 1.165) is 0 Å². The second-order valence-electron chi connectivity index (χ2n) is 4.25. The molecule has 0 aliphatic rings. The van der Waals surface area contributed by atoms with Crippen LogP contribution in [0.2, 0.25) is 0 Å². The van der Waals surface area contributed by atoms with Gasteiger partial charge in [0.05, 0.1) is 13.2 Å². The van der Waals surface area contributed by atoms with Crippen LogP contribution in [-0.2, 0) is 28.7 Å². The van der Waals surface area contributed by atoms with Crippen molar-refractivity contribution in [3.63, 3.8) is 0 Å². The first kappa shape index (κ1) is 19.6. The Morgan fingerprint density at radius 3 is 1.52 bits per heavy atom. The van der Waals surface area contributed by atoms with Gasteiger partial charge in [0.15, 0.2) is 0 Å². The molecular weight excluding hydrogens is 304 g/mol. The van der Waals surface area contributed by atoms with Gasteiger partial charge < -0.3 is 19.1 Å². The average Bonchev–Trinajstić information content (AvgIpc) is 2.38. The van der Waals surface area contributed by atoms with Crippen molar-refractivity contribution in [2.24, 2.45) is 0 Å². The van der Waals surface area contributed by atoms with Crippen LogP contribution < -0.4 is 0 Å². The van der Waals surface area contributed by atoms with Gasteiger partial charge in [-0.1, -0.05) is 0 Å². The summed E-state index contributed by atoms with van der Waals surface area (Å²) < 4.78 is 29.4. The Kier molecular flexibility index (Phi) is 8.83. The summed E-state index contributed by atoms with van der Waals surface area (Å²) in [5.74, 6) is -1.11. The summed E-state index contributed by atoms with van der Waals surface area (Å²) in [6.07, 6.45) is 0.426. The van der Waals surface area contributed by atoms with Crippen molar-refractivity contribution < 1.29 is 37.8 Å². The van der Waals surface area contributed by atoms with Gasteiger partial charge in [0.2, 0.25) is 0 Å². The highest BCUT2D eigenvalue weighted by molar-refractivity contribution is 8.26. The van der Waals surface area contributed by atoms with Gasteiger partial charge in [0.25, 0.3) is 0 Å². The molecule has 0 aliphatic heterocycles. The highest BCUT2D eigenvalue weighted by Crippen LogP contribution is 2.50. The van der Waals surface area contributed by atoms with E-state index >= 15 is 0 Å². The Hall–Kier alpha value is -1.45. The van der Waals surface area contributed by atoms with Gasteiger partial charge in [-0.2, -0.15) is 10.6 Å². The number of carbonyl (C=O) groups excluding carboxylic acids is 4. The number of carbonyl (C=O) groups is 4. The van der Waals surface area contributed by atoms with E-state index in [1.54, 1.807) is 0 Å². The van der Waals surface area contributed by atoms with Crippen molar-refractivity contribution in [1.29, 1.82) is 0 Å². The third kappa shape index (κ3) is 7.21. The van der Waals surface area contributed by atoms with Gasteiger partial charge in [0, 0.05) is 26.7 Å². The number of hydrogen-bond acceptors (Lipinski definition) is 8. The van der Waals surface area contributed by atoms with Gasteiger partial charge in [-0.3, -0.25) is 18.7 Å². The van der Waals surface area contributed by atoms with Crippen molar-refractivity contribution in [1.82, 2.24) is 0 Å². The molecule has 2 N–H and O–H groups in total. The highest BCUT2D eigenvalue weighted by atomic mass is 32.3. The van der Waals surface area contributed by atoms with Crippen LogP contribution in [0.4, 0.5) is 0 Å². The molecule has 2 atom stereocenters. The third-order valence-electron chi connectivity index (χ3n) is 2.61. The molecule has 0 aromatic heterocycles. The summed E-state index contributed by atoms with van der Waals surface area (Å²) in [7, 11) is -3.58. The smallest absolute Gasteiger partial charge is 0.302 e. The Bertz CT molecular complexity index is 347. The molecule has 0 aromatic rings. The number of rotatable bonds is 10. The lowest BCUT2D eigenvalue weighted by molar-refractivity contribution is -0.142. The van der Waals surface area contributed by atoms with E-state index in [4.69, 9.17) is 0 Å². The fourth-order valence-corrected chi connectivity index (χ4v) is 3.17. The molecule has 0 amide bonds. The van der Waals surface area contributed by atoms with Crippen LogP contribution in [0.25, 0.3) is 0 Å². The van der Waals surface area contributed by atoms with Crippen molar-refractivity contribution >= 4 is 35.1 Å². The molecule has 21 heavy (non-hydrogen) atoms. The summed E-state index contributed by atoms with van der Waals surface area (Å²) in [6, 6.07) is 0. The fourth-order valence-electron chi connectivity index (χ4n) is 1.51. The van der Waals surface area contributed by atoms with E-state index in [-0.39, 0.29) is 26.1 Å². The maximum Gasteiger partial charge on any atom is 0.302 e. The van der Waals surface area contributed by atoms with Gasteiger partial charge in [-0.15, -0.1) is 0 Å². The zero-order valence-electron chi connectivity index (χ0n) is 11.9. The number of ether oxygens (including phenoxy) is 2. The number of hydrogen-bond donors (Lipinski definition) is 2. The largest absolute Gasteiger partial charge is 0.466 e. The van der Waals surface area contributed by atoms with Crippen LogP contribution in [0.1, 0.15) is 26.7 Å². The lowest BCUT2D eigenvalue weighted by Crippen LogP contribution is -2.32. The molecule has 2 unspecified atom stereocenters. The van der Waals surface area contributed by atoms with Crippen LogP contribution in [0.3, 0.4) is 0 Å². The predicted octanol–water partition coefficient (Wildman–Crippen LogP) is 0.778. The van der Waals surface area contributed by atoms with Crippen molar-refractivity contribution in [2.45, 2.75) is 37.2 Å². The van der Waals surface area contributed by atoms with E-state index < -0.39 is 33.0 Å². The second-order valence-corrected chi connectivity index (χ2v) is 6.74. The molecule has 0 saturated heterocycles. The summed E-state index contributed by atoms with van der Waals surface area (Å²) in [6.45, 7) is 2.04. The van der Waals surface area contributed by atoms with Crippen LogP contribution >= 0.6 is 10.6 Å². The molecule has 8 nitrogen and oxygen atoms in total. The zero-order valence-corrected chi connectivity index (χ0v) is 12.7. The molecule has 0 aliphatic carbocycles. The molecule has 0 rings (SSSR count). The Balaban J connectivity index is 4.66. The average molecular weight is 324 g/mol. The first-order chi connectivity index (χ1) is 9.75. The summed E-state index contributed by atoms with van der Waals surface area (Å²) >= 11 is 0. The molecule has 0 heterocycles. The Labute approximate surface area is 124 Å². The minimum atomic E-state index is -3.58. The lowest BCUT2D eigenvalue weighted by atomic mass is 10.3. The monoisotopic (exact) mass is 324 g/mol. The second kappa shape index (κ2) is 9.48. The molecule has 122 valence electrons. The van der Waals surface area contributed by atoms with E-state index in [1.807, 2.05) is 0 Å². The third-order valence-corrected chi connectivity index (χ3v) is 5.09. The van der Waals surface area contributed by atoms with Gasteiger partial charge in [0.1, 0.15) is 23.1 Å². The van der Waals surface area contributed by atoms with Crippen molar-refractivity contribution in [3.05, 3.63) is 0 Å². The molecule has 0 bridgehead atoms. The van der Waals surface area contributed by atoms with E-state index in [2.05, 4.69) is 9.47 Å². The van der Waals surface area contributed by atoms with Crippen molar-refractivity contribution in [2.75, 3.05) is 13.2 Å². The zero-order chi connectivity index (χ0) is 16.5. The van der Waals surface area contributed by atoms with Crippen molar-refractivity contribution in [3.8, 4) is 0 Å². The standard InChI is InChI=1S/C12H20O8S/c1-9(15)19-5-3-11(7-13)21(17,18)12(8-14)4-6-20-10(2)16/h7-8,11-12,17-18H,3-6H2,1-2H3. The number of esters is 2. The van der Waals surface area contributed by atoms with E-state index in [0.29, 0.717) is 12.6 Å². The minimum absolute atomic E-state index is 0.108. The Morgan fingerprint density at radius 1 is 0.952 bits per heavy atom. The maximum atomic E-state index is 11.0. The molecule has 0 radical (unpaired) electrons. The molecular formula is C12H20O8S. The van der Waals surface area contributed by atoms with Crippen LogP contribution in [-0.4, -0.2) is 57.3 Å². The number of aldehydes is 2. The molecule has 9 heteroatoms. The highest BCUT2D eigenvalue weighted by Gasteiger charge is 2.34. The normalized spacial score (nSPS) is 14.7. The topological polar surface area (TPSA) is 127 Å². The first-order valence-electron chi connectivity index (χ1n) is 6.18. The lowest BCUT2D eigenvalue weighted by Gasteiger charge is -2.41. The summed E-state index contributed by atoms with van der Waals surface area (Å²) in [4.78, 5) is 43.2. The van der Waals surface area contributed by atoms with Crippen LogP contribution in [0, 0.1) is 0 Å². The SMILES string of the molecule is CC(=O)OCCC(C=O)S(O)(O)C(C=O)CCOC(C)=O. The van der Waals surface area contributed by atoms with E-state index in [1.165, 1.54) is 13.8 Å². The molecule has 0 fully saturated rings. The quantitative estimate of drug-likeness (QED) is 0.446. The van der Waals surface area contributed by atoms with E-state index in [9.17, 15) is 28.3 Å². The predicted molar refractivity (Wildman–Crippen MR) is 75.1 cm³/mol. The molecule has 0 aromatic carbocycles. The first-order valence-corrected chi connectivity index (χ1v) is 7.86. The maximum absolute atomic E-state index is 11.0. The van der Waals surface area contributed by atoms with Gasteiger partial charge >= 0.3 is 11.9 Å².